The van der Waals surface area contributed by atoms with E-state index in [0.29, 0.717) is 37.8 Å². The van der Waals surface area contributed by atoms with E-state index < -0.39 is 5.60 Å². The minimum atomic E-state index is -0.615. The van der Waals surface area contributed by atoms with E-state index in [4.69, 9.17) is 0 Å². The fraction of sp³-hybridized carbons (Fsp3) is 0.667. The van der Waals surface area contributed by atoms with E-state index in [2.05, 4.69) is 93.4 Å². The first-order chi connectivity index (χ1) is 21.2. The van der Waals surface area contributed by atoms with Crippen LogP contribution in [0, 0.1) is 23.7 Å². The van der Waals surface area contributed by atoms with E-state index in [-0.39, 0.29) is 23.3 Å². The highest BCUT2D eigenvalue weighted by Crippen LogP contribution is 2.43. The minimum Gasteiger partial charge on any atom is -0.390 e. The van der Waals surface area contributed by atoms with Crippen molar-refractivity contribution >= 4 is 11.8 Å². The van der Waals surface area contributed by atoms with Gasteiger partial charge in [-0.25, -0.2) is 4.79 Å². The predicted octanol–water partition coefficient (Wildman–Crippen LogP) is 7.88. The van der Waals surface area contributed by atoms with Gasteiger partial charge in [0.2, 0.25) is 5.91 Å². The summed E-state index contributed by atoms with van der Waals surface area (Å²) in [5.41, 5.74) is 1.42. The van der Waals surface area contributed by atoms with Crippen molar-refractivity contribution < 1.29 is 14.7 Å². The molecule has 1 saturated heterocycles. The lowest BCUT2D eigenvalue weighted by molar-refractivity contribution is -0.138. The molecule has 1 saturated carbocycles. The van der Waals surface area contributed by atoms with Crippen LogP contribution in [-0.2, 0) is 15.1 Å². The number of amides is 1. The van der Waals surface area contributed by atoms with E-state index in [0.717, 1.165) is 82.6 Å². The van der Waals surface area contributed by atoms with Gasteiger partial charge in [0.1, 0.15) is 5.94 Å². The second kappa shape index (κ2) is 16.2. The summed E-state index contributed by atoms with van der Waals surface area (Å²) < 4.78 is 0. The molecule has 0 aromatic heterocycles. The maximum atomic E-state index is 14.1. The summed E-state index contributed by atoms with van der Waals surface area (Å²) in [6.45, 7) is 5.58. The lowest BCUT2D eigenvalue weighted by Gasteiger charge is -2.42. The van der Waals surface area contributed by atoms with Gasteiger partial charge in [-0.1, -0.05) is 74.9 Å². The summed E-state index contributed by atoms with van der Waals surface area (Å²) >= 11 is 0. The first-order valence-electron chi connectivity index (χ1n) is 17.5. The monoisotopic (exact) mass is 602 g/mol. The molecular weight excluding hydrogens is 544 g/mol. The maximum absolute atomic E-state index is 14.1. The second-order valence-electron chi connectivity index (χ2n) is 14.3. The summed E-state index contributed by atoms with van der Waals surface area (Å²) in [6, 6.07) is 10.9. The van der Waals surface area contributed by atoms with Crippen molar-refractivity contribution in [3.63, 3.8) is 0 Å². The molecule has 2 aliphatic carbocycles. The molecule has 1 heterocycles. The number of hydrogen-bond donors (Lipinski definition) is 1. The maximum Gasteiger partial charge on any atom is 0.225 e. The van der Waals surface area contributed by atoms with Gasteiger partial charge in [-0.2, -0.15) is 0 Å². The fourth-order valence-corrected chi connectivity index (χ4v) is 8.21. The van der Waals surface area contributed by atoms with Crippen molar-refractivity contribution in [1.29, 1.82) is 0 Å². The van der Waals surface area contributed by atoms with Crippen LogP contribution in [0.15, 0.2) is 60.2 Å². The van der Waals surface area contributed by atoms with Crippen LogP contribution in [0.1, 0.15) is 109 Å². The number of nitrogens with zero attached hydrogens (tertiary/aromatic N) is 2. The SMILES string of the molecule is CCC1C=CC=CC1CCCC(=C=O)CCN1CCC[C@](c2ccccc2)(N(C)C)CCCC(CC2(O)CCC2)C(C)C1=O. The molecule has 1 aromatic carbocycles. The van der Waals surface area contributed by atoms with E-state index in [9.17, 15) is 14.7 Å². The highest BCUT2D eigenvalue weighted by molar-refractivity contribution is 5.79. The van der Waals surface area contributed by atoms with Gasteiger partial charge in [0, 0.05) is 30.1 Å². The zero-order valence-corrected chi connectivity index (χ0v) is 28.0. The molecule has 0 radical (unpaired) electrons. The lowest BCUT2D eigenvalue weighted by atomic mass is 9.70. The van der Waals surface area contributed by atoms with Crippen LogP contribution in [-0.4, -0.2) is 59.5 Å². The highest BCUT2D eigenvalue weighted by atomic mass is 16.3. The third-order valence-electron chi connectivity index (χ3n) is 11.4. The average molecular weight is 603 g/mol. The number of carbonyl (C=O) groups is 1. The molecule has 5 heteroatoms. The largest absolute Gasteiger partial charge is 0.390 e. The fourth-order valence-electron chi connectivity index (χ4n) is 8.21. The van der Waals surface area contributed by atoms with Gasteiger partial charge in [-0.3, -0.25) is 9.69 Å². The Labute approximate surface area is 267 Å². The van der Waals surface area contributed by atoms with Gasteiger partial charge < -0.3 is 10.0 Å². The Morgan fingerprint density at radius 1 is 1.00 bits per heavy atom. The molecule has 1 aliphatic heterocycles. The minimum absolute atomic E-state index is 0.103. The average Bonchev–Trinajstić information content (AvgIpc) is 3.04. The number of aliphatic hydroxyl groups is 1. The Kier molecular flexibility index (Phi) is 12.7. The third-order valence-corrected chi connectivity index (χ3v) is 11.4. The number of hydrogen-bond acceptors (Lipinski definition) is 4. The lowest BCUT2D eigenvalue weighted by Crippen LogP contribution is -2.44. The van der Waals surface area contributed by atoms with Crippen molar-refractivity contribution in [2.45, 2.75) is 115 Å². The van der Waals surface area contributed by atoms with Crippen molar-refractivity contribution in [1.82, 2.24) is 9.80 Å². The quantitative estimate of drug-likeness (QED) is 0.247. The number of carbonyl (C=O) groups excluding carboxylic acids is 2. The Balaban J connectivity index is 1.48. The van der Waals surface area contributed by atoms with Gasteiger partial charge in [0.05, 0.1) is 5.60 Å². The second-order valence-corrected chi connectivity index (χ2v) is 14.3. The van der Waals surface area contributed by atoms with Crippen LogP contribution < -0.4 is 0 Å². The summed E-state index contributed by atoms with van der Waals surface area (Å²) in [7, 11) is 4.38. The van der Waals surface area contributed by atoms with Gasteiger partial charge in [0.25, 0.3) is 0 Å². The molecule has 1 aromatic rings. The highest BCUT2D eigenvalue weighted by Gasteiger charge is 2.41. The Morgan fingerprint density at radius 3 is 2.34 bits per heavy atom. The van der Waals surface area contributed by atoms with Crippen molar-refractivity contribution in [3.8, 4) is 0 Å². The summed E-state index contributed by atoms with van der Waals surface area (Å²) in [4.78, 5) is 30.6. The zero-order chi connectivity index (χ0) is 31.6. The molecule has 1 amide bonds. The predicted molar refractivity (Wildman–Crippen MR) is 181 cm³/mol. The van der Waals surface area contributed by atoms with Crippen LogP contribution in [0.3, 0.4) is 0 Å². The normalized spacial score (nSPS) is 29.1. The van der Waals surface area contributed by atoms with E-state index in [1.807, 2.05) is 4.90 Å². The Morgan fingerprint density at radius 2 is 1.70 bits per heavy atom. The van der Waals surface area contributed by atoms with Crippen molar-refractivity contribution in [2.75, 3.05) is 27.2 Å². The Bertz CT molecular complexity index is 1160. The molecule has 2 fully saturated rings. The number of allylic oxidation sites excluding steroid dienone is 4. The molecule has 0 spiro atoms. The van der Waals surface area contributed by atoms with Gasteiger partial charge in [-0.15, -0.1) is 0 Å². The van der Waals surface area contributed by atoms with Gasteiger partial charge >= 0.3 is 0 Å². The van der Waals surface area contributed by atoms with Crippen molar-refractivity contribution in [2.24, 2.45) is 23.7 Å². The van der Waals surface area contributed by atoms with Crippen LogP contribution in [0.5, 0.6) is 0 Å². The van der Waals surface area contributed by atoms with Gasteiger partial charge in [-0.05, 0) is 121 Å². The van der Waals surface area contributed by atoms with Crippen LogP contribution in [0.25, 0.3) is 0 Å². The molecule has 4 unspecified atom stereocenters. The molecule has 242 valence electrons. The topological polar surface area (TPSA) is 60.9 Å². The molecule has 44 heavy (non-hydrogen) atoms. The first-order valence-corrected chi connectivity index (χ1v) is 17.5. The van der Waals surface area contributed by atoms with E-state index in [1.54, 1.807) is 0 Å². The summed E-state index contributed by atoms with van der Waals surface area (Å²) in [5, 5.41) is 11.2. The summed E-state index contributed by atoms with van der Waals surface area (Å²) in [5.74, 6) is 3.55. The first kappa shape index (κ1) is 34.4. The van der Waals surface area contributed by atoms with Crippen LogP contribution in [0.4, 0.5) is 0 Å². The molecule has 0 bridgehead atoms. The summed E-state index contributed by atoms with van der Waals surface area (Å²) in [6.07, 6.45) is 21.8. The van der Waals surface area contributed by atoms with Crippen LogP contribution in [0.2, 0.25) is 0 Å². The van der Waals surface area contributed by atoms with E-state index >= 15 is 0 Å². The molecular formula is C39H58N2O3. The molecule has 5 atom stereocenters. The zero-order valence-electron chi connectivity index (χ0n) is 28.0. The Hall–Kier alpha value is -2.46. The smallest absolute Gasteiger partial charge is 0.225 e. The molecule has 4 rings (SSSR count). The molecule has 5 nitrogen and oxygen atoms in total. The third kappa shape index (κ3) is 8.62. The standard InChI is InChI=1S/C39H58N2O3/c1-5-33-16-9-10-17-34(33)18-11-15-32(30-42)22-28-41-27-14-26-39(40(3)4,36-20-7-6-8-21-36)25-12-19-35(31(2)37(41)43)29-38(44)23-13-24-38/h6-10,16-17,20-21,31,33-35,44H,5,11-15,18-19,22-29H2,1-4H3/t31?,33?,34?,35?,39-/m1/s1. The number of benzene rings is 1. The number of rotatable bonds is 12. The van der Waals surface area contributed by atoms with Crippen molar-refractivity contribution in [3.05, 3.63) is 65.8 Å². The molecule has 3 aliphatic rings. The van der Waals surface area contributed by atoms with Crippen LogP contribution >= 0.6 is 0 Å². The van der Waals surface area contributed by atoms with Gasteiger partial charge in [0.15, 0.2) is 0 Å². The van der Waals surface area contributed by atoms with E-state index in [1.165, 1.54) is 5.56 Å². The molecule has 1 N–H and O–H groups in total.